The summed E-state index contributed by atoms with van der Waals surface area (Å²) in [6, 6.07) is 0. The van der Waals surface area contributed by atoms with E-state index in [1.54, 1.807) is 22.8 Å². The van der Waals surface area contributed by atoms with Gasteiger partial charge in [-0.3, -0.25) is 14.5 Å². The zero-order valence-corrected chi connectivity index (χ0v) is 21.2. The molecule has 2 saturated heterocycles. The van der Waals surface area contributed by atoms with Crippen molar-refractivity contribution in [1.29, 1.82) is 0 Å². The molecule has 2 fully saturated rings. The first-order valence-corrected chi connectivity index (χ1v) is 10.9. The smallest absolute Gasteiger partial charge is 0.246 e. The van der Waals surface area contributed by atoms with Crippen molar-refractivity contribution < 1.29 is 4.79 Å². The fourth-order valence-electron chi connectivity index (χ4n) is 4.64. The Morgan fingerprint density at radius 1 is 1.23 bits per heavy atom. The summed E-state index contributed by atoms with van der Waals surface area (Å²) in [5, 5.41) is 7.61. The van der Waals surface area contributed by atoms with E-state index < -0.39 is 0 Å². The number of hydrogen-bond donors (Lipinski definition) is 1. The summed E-state index contributed by atoms with van der Waals surface area (Å²) in [6.45, 7) is 11.0. The van der Waals surface area contributed by atoms with Crippen LogP contribution in [0.15, 0.2) is 17.4 Å². The minimum absolute atomic E-state index is 0. The monoisotopic (exact) mass is 531 g/mol. The number of carbonyl (C=O) groups is 1. The molecule has 1 amide bonds. The third kappa shape index (κ3) is 6.83. The fourth-order valence-corrected chi connectivity index (χ4v) is 4.64. The van der Waals surface area contributed by atoms with Gasteiger partial charge in [-0.2, -0.15) is 5.10 Å². The van der Waals surface area contributed by atoms with Gasteiger partial charge in [-0.1, -0.05) is 13.8 Å². The number of aromatic nitrogens is 2. The van der Waals surface area contributed by atoms with Gasteiger partial charge in [0.15, 0.2) is 5.96 Å². The number of halogens is 1. The minimum Gasteiger partial charge on any atom is -0.356 e. The minimum atomic E-state index is 0. The Bertz CT molecular complexity index is 697. The summed E-state index contributed by atoms with van der Waals surface area (Å²) in [5.74, 6) is 2.54. The van der Waals surface area contributed by atoms with Crippen molar-refractivity contribution in [2.75, 3.05) is 57.8 Å². The third-order valence-corrected chi connectivity index (χ3v) is 5.86. The molecule has 0 spiro atoms. The van der Waals surface area contributed by atoms with Crippen LogP contribution in [0.3, 0.4) is 0 Å². The van der Waals surface area contributed by atoms with Gasteiger partial charge in [0.05, 0.1) is 11.9 Å². The number of rotatable bonds is 6. The molecule has 3 heterocycles. The Labute approximate surface area is 198 Å². The lowest BCUT2D eigenvalue weighted by atomic mass is 9.92. The van der Waals surface area contributed by atoms with Crippen LogP contribution in [-0.4, -0.2) is 84.3 Å². The van der Waals surface area contributed by atoms with Gasteiger partial charge in [-0.05, 0) is 37.6 Å². The lowest BCUT2D eigenvalue weighted by Gasteiger charge is -2.35. The average molecular weight is 531 g/mol. The predicted molar refractivity (Wildman–Crippen MR) is 133 cm³/mol. The van der Waals surface area contributed by atoms with Crippen molar-refractivity contribution in [2.45, 2.75) is 33.1 Å². The van der Waals surface area contributed by atoms with Gasteiger partial charge in [0.2, 0.25) is 5.91 Å². The number of aliphatic imine (C=N–C) groups is 1. The van der Waals surface area contributed by atoms with E-state index in [0.717, 1.165) is 43.0 Å². The van der Waals surface area contributed by atoms with E-state index in [2.05, 4.69) is 34.2 Å². The molecule has 1 N–H and O–H groups in total. The number of hydrogen-bond acceptors (Lipinski definition) is 4. The van der Waals surface area contributed by atoms with Crippen LogP contribution in [0.5, 0.6) is 0 Å². The van der Waals surface area contributed by atoms with Crippen molar-refractivity contribution in [2.24, 2.45) is 23.9 Å². The fraction of sp³-hybridized carbons (Fsp3) is 0.762. The molecule has 2 unspecified atom stereocenters. The number of carbonyl (C=O) groups excluding carboxylic acids is 1. The molecule has 30 heavy (non-hydrogen) atoms. The van der Waals surface area contributed by atoms with Crippen LogP contribution in [0.2, 0.25) is 0 Å². The maximum absolute atomic E-state index is 12.6. The van der Waals surface area contributed by atoms with Crippen molar-refractivity contribution in [3.8, 4) is 0 Å². The number of amides is 1. The summed E-state index contributed by atoms with van der Waals surface area (Å²) in [4.78, 5) is 23.5. The normalized spacial score (nSPS) is 23.5. The zero-order chi connectivity index (χ0) is 20.8. The predicted octanol–water partition coefficient (Wildman–Crippen LogP) is 2.02. The van der Waals surface area contributed by atoms with Crippen molar-refractivity contribution in [3.05, 3.63) is 12.4 Å². The number of unbranched alkanes of at least 4 members (excludes halogenated alkanes) is 1. The lowest BCUT2D eigenvalue weighted by Crippen LogP contribution is -2.55. The topological polar surface area (TPSA) is 69.0 Å². The number of piperidine rings is 1. The van der Waals surface area contributed by atoms with E-state index in [-0.39, 0.29) is 29.9 Å². The molecule has 170 valence electrons. The summed E-state index contributed by atoms with van der Waals surface area (Å²) in [5.41, 5.74) is 0.862. The molecule has 8 nitrogen and oxygen atoms in total. The van der Waals surface area contributed by atoms with E-state index >= 15 is 0 Å². The number of aryl methyl sites for hydroxylation is 1. The molecule has 1 aromatic heterocycles. The van der Waals surface area contributed by atoms with Gasteiger partial charge in [0.25, 0.3) is 0 Å². The second-order valence-electron chi connectivity index (χ2n) is 8.73. The van der Waals surface area contributed by atoms with Gasteiger partial charge >= 0.3 is 0 Å². The number of guanidine groups is 1. The van der Waals surface area contributed by atoms with Crippen LogP contribution in [0.4, 0.5) is 5.69 Å². The molecule has 0 aliphatic carbocycles. The molecule has 2 aliphatic heterocycles. The van der Waals surface area contributed by atoms with Gasteiger partial charge in [-0.25, -0.2) is 0 Å². The van der Waals surface area contributed by atoms with Crippen LogP contribution in [-0.2, 0) is 11.8 Å². The van der Waals surface area contributed by atoms with Crippen LogP contribution in [0, 0.1) is 11.8 Å². The molecular weight excluding hydrogens is 493 g/mol. The Balaban J connectivity index is 0.00000320. The molecule has 0 radical (unpaired) electrons. The summed E-state index contributed by atoms with van der Waals surface area (Å²) >= 11 is 0. The number of piperazine rings is 1. The second kappa shape index (κ2) is 11.9. The Hall–Kier alpha value is -1.36. The highest BCUT2D eigenvalue weighted by atomic mass is 127. The molecule has 0 saturated carbocycles. The zero-order valence-electron chi connectivity index (χ0n) is 18.9. The Kier molecular flexibility index (Phi) is 9.86. The van der Waals surface area contributed by atoms with Crippen LogP contribution >= 0.6 is 24.0 Å². The molecule has 3 rings (SSSR count). The number of likely N-dealkylation sites (tertiary alicyclic amines) is 1. The highest BCUT2D eigenvalue weighted by Crippen LogP contribution is 2.21. The van der Waals surface area contributed by atoms with E-state index in [0.29, 0.717) is 13.1 Å². The maximum atomic E-state index is 12.6. The first kappa shape index (κ1) is 24.9. The van der Waals surface area contributed by atoms with Crippen molar-refractivity contribution in [1.82, 2.24) is 24.9 Å². The maximum Gasteiger partial charge on any atom is 0.246 e. The SMILES string of the molecule is CN=C(NCCCCN1CC(C)CC(C)C1)N1CCN(c2cnn(C)c2)C(=O)C1.I. The van der Waals surface area contributed by atoms with E-state index in [1.165, 1.54) is 32.5 Å². The van der Waals surface area contributed by atoms with Crippen molar-refractivity contribution in [3.63, 3.8) is 0 Å². The highest BCUT2D eigenvalue weighted by molar-refractivity contribution is 14.0. The van der Waals surface area contributed by atoms with Crippen LogP contribution < -0.4 is 10.2 Å². The van der Waals surface area contributed by atoms with Gasteiger partial charge in [0, 0.05) is 53.0 Å². The largest absolute Gasteiger partial charge is 0.356 e. The Morgan fingerprint density at radius 3 is 2.57 bits per heavy atom. The molecule has 9 heteroatoms. The quantitative estimate of drug-likeness (QED) is 0.264. The summed E-state index contributed by atoms with van der Waals surface area (Å²) < 4.78 is 1.72. The van der Waals surface area contributed by atoms with E-state index in [9.17, 15) is 4.79 Å². The van der Waals surface area contributed by atoms with Gasteiger partial charge in [0.1, 0.15) is 6.54 Å². The number of nitrogens with one attached hydrogen (secondary N) is 1. The average Bonchev–Trinajstić information content (AvgIpc) is 3.10. The first-order valence-electron chi connectivity index (χ1n) is 10.9. The Morgan fingerprint density at radius 2 is 1.97 bits per heavy atom. The molecule has 2 aliphatic rings. The lowest BCUT2D eigenvalue weighted by molar-refractivity contribution is -0.120. The summed E-state index contributed by atoms with van der Waals surface area (Å²) in [7, 11) is 3.65. The number of anilines is 1. The second-order valence-corrected chi connectivity index (χ2v) is 8.73. The summed E-state index contributed by atoms with van der Waals surface area (Å²) in [6.07, 6.45) is 7.29. The molecule has 2 atom stereocenters. The standard InChI is InChI=1S/C21H37N7O.HI/c1-17-11-18(2)14-26(13-17)8-6-5-7-23-21(22-3)27-9-10-28(20(29)16-27)19-12-24-25(4)15-19;/h12,15,17-18H,5-11,13-14,16H2,1-4H3,(H,22,23);1H. The molecular formula is C21H38IN7O. The number of nitrogens with zero attached hydrogens (tertiary/aromatic N) is 6. The van der Waals surface area contributed by atoms with Crippen LogP contribution in [0.1, 0.15) is 33.1 Å². The molecule has 1 aromatic rings. The van der Waals surface area contributed by atoms with Crippen molar-refractivity contribution >= 4 is 41.5 Å². The molecule has 0 bridgehead atoms. The highest BCUT2D eigenvalue weighted by Gasteiger charge is 2.27. The van der Waals surface area contributed by atoms with E-state index in [1.807, 2.05) is 18.1 Å². The van der Waals surface area contributed by atoms with Crippen LogP contribution in [0.25, 0.3) is 0 Å². The first-order chi connectivity index (χ1) is 14.0. The molecule has 0 aromatic carbocycles. The van der Waals surface area contributed by atoms with Gasteiger partial charge in [-0.15, -0.1) is 24.0 Å². The van der Waals surface area contributed by atoms with E-state index in [4.69, 9.17) is 0 Å². The third-order valence-electron chi connectivity index (χ3n) is 5.86. The van der Waals surface area contributed by atoms with Gasteiger partial charge < -0.3 is 20.0 Å².